The van der Waals surface area contributed by atoms with Crippen LogP contribution in [0.5, 0.6) is 0 Å². The molecule has 0 bridgehead atoms. The molecule has 2 nitrogen and oxygen atoms in total. The van der Waals surface area contributed by atoms with Gasteiger partial charge in [-0.15, -0.1) is 0 Å². The molecule has 29 heavy (non-hydrogen) atoms. The standard InChI is InChI=1S/C27H44O2/c1-18(2)8-6-9-19(3)24-13-14-25-21(10-7-15-27(24,25)5)11-12-22-16-23(28)17-26(29)20(22)4/h11-12,18-19,23-26,28-29H,4,6-10,13-17H2,1-3,5H3/b21-11+,22-12-/t19-,23?,24-,25+,26?,27-/m1/s1. The second-order valence-corrected chi connectivity index (χ2v) is 11.0. The molecule has 2 unspecified atom stereocenters. The maximum atomic E-state index is 10.1. The Hall–Kier alpha value is -0.860. The van der Waals surface area contributed by atoms with E-state index < -0.39 is 12.2 Å². The van der Waals surface area contributed by atoms with Crippen LogP contribution in [0.15, 0.2) is 35.5 Å². The van der Waals surface area contributed by atoms with E-state index in [0.717, 1.165) is 28.9 Å². The highest BCUT2D eigenvalue weighted by molar-refractivity contribution is 5.38. The first-order valence-electron chi connectivity index (χ1n) is 12.2. The van der Waals surface area contributed by atoms with Gasteiger partial charge < -0.3 is 10.2 Å². The minimum atomic E-state index is -0.595. The van der Waals surface area contributed by atoms with Crippen molar-refractivity contribution in [3.05, 3.63) is 35.5 Å². The fraction of sp³-hybridized carbons (Fsp3) is 0.778. The topological polar surface area (TPSA) is 40.5 Å². The van der Waals surface area contributed by atoms with Crippen molar-refractivity contribution in [3.8, 4) is 0 Å². The maximum Gasteiger partial charge on any atom is 0.0811 e. The Bertz CT molecular complexity index is 643. The van der Waals surface area contributed by atoms with Gasteiger partial charge in [-0.2, -0.15) is 0 Å². The van der Waals surface area contributed by atoms with Crippen LogP contribution in [0, 0.1) is 29.1 Å². The lowest BCUT2D eigenvalue weighted by atomic mass is 9.60. The van der Waals surface area contributed by atoms with E-state index in [9.17, 15) is 10.2 Å². The Morgan fingerprint density at radius 3 is 2.62 bits per heavy atom. The lowest BCUT2D eigenvalue weighted by molar-refractivity contribution is 0.0861. The highest BCUT2D eigenvalue weighted by atomic mass is 16.3. The number of hydrogen-bond acceptors (Lipinski definition) is 2. The van der Waals surface area contributed by atoms with Crippen molar-refractivity contribution in [1.29, 1.82) is 0 Å². The predicted molar refractivity (Wildman–Crippen MR) is 123 cm³/mol. The molecule has 0 aromatic rings. The highest BCUT2D eigenvalue weighted by Crippen LogP contribution is 2.59. The summed E-state index contributed by atoms with van der Waals surface area (Å²) in [5, 5.41) is 20.2. The van der Waals surface area contributed by atoms with Crippen molar-refractivity contribution in [3.63, 3.8) is 0 Å². The molecule has 3 aliphatic rings. The molecule has 0 heterocycles. The molecule has 6 atom stereocenters. The first-order valence-corrected chi connectivity index (χ1v) is 12.2. The molecule has 0 radical (unpaired) electrons. The number of rotatable bonds is 6. The minimum Gasteiger partial charge on any atom is -0.393 e. The number of aliphatic hydroxyl groups is 2. The van der Waals surface area contributed by atoms with E-state index in [1.54, 1.807) is 5.57 Å². The van der Waals surface area contributed by atoms with Gasteiger partial charge in [0.1, 0.15) is 0 Å². The smallest absolute Gasteiger partial charge is 0.0811 e. The molecule has 3 aliphatic carbocycles. The largest absolute Gasteiger partial charge is 0.393 e. The number of hydrogen-bond donors (Lipinski definition) is 2. The van der Waals surface area contributed by atoms with Gasteiger partial charge in [0.2, 0.25) is 0 Å². The zero-order valence-electron chi connectivity index (χ0n) is 19.3. The van der Waals surface area contributed by atoms with Crippen molar-refractivity contribution in [2.75, 3.05) is 0 Å². The zero-order valence-corrected chi connectivity index (χ0v) is 19.3. The van der Waals surface area contributed by atoms with Gasteiger partial charge in [0.25, 0.3) is 0 Å². The summed E-state index contributed by atoms with van der Waals surface area (Å²) in [4.78, 5) is 0. The SMILES string of the molecule is C=C1/C(=C\C=C2/CCC[C@]3(C)[C@@H]([C@H](C)CCCC(C)C)CC[C@@H]23)CC(O)CC1O. The van der Waals surface area contributed by atoms with Gasteiger partial charge in [-0.05, 0) is 78.8 Å². The van der Waals surface area contributed by atoms with Gasteiger partial charge in [0, 0.05) is 6.42 Å². The fourth-order valence-corrected chi connectivity index (χ4v) is 6.73. The molecule has 164 valence electrons. The predicted octanol–water partition coefficient (Wildman–Crippen LogP) is 6.59. The summed E-state index contributed by atoms with van der Waals surface area (Å²) in [6, 6.07) is 0. The molecule has 0 spiro atoms. The molecule has 3 fully saturated rings. The van der Waals surface area contributed by atoms with Crippen LogP contribution in [0.1, 0.15) is 91.9 Å². The molecule has 0 aliphatic heterocycles. The molecule has 2 heteroatoms. The number of aliphatic hydroxyl groups excluding tert-OH is 2. The Labute approximate surface area is 179 Å². The van der Waals surface area contributed by atoms with Gasteiger partial charge in [-0.3, -0.25) is 0 Å². The summed E-state index contributed by atoms with van der Waals surface area (Å²) >= 11 is 0. The van der Waals surface area contributed by atoms with Crippen molar-refractivity contribution in [2.45, 2.75) is 104 Å². The van der Waals surface area contributed by atoms with Gasteiger partial charge in [-0.25, -0.2) is 0 Å². The Balaban J connectivity index is 1.71. The van der Waals surface area contributed by atoms with Crippen LogP contribution in [0.2, 0.25) is 0 Å². The first kappa shape index (κ1) is 22.8. The van der Waals surface area contributed by atoms with Crippen LogP contribution in [0.3, 0.4) is 0 Å². The number of allylic oxidation sites excluding steroid dienone is 3. The molecular weight excluding hydrogens is 356 g/mol. The van der Waals surface area contributed by atoms with Crippen LogP contribution >= 0.6 is 0 Å². The van der Waals surface area contributed by atoms with E-state index in [1.165, 1.54) is 51.4 Å². The fourth-order valence-electron chi connectivity index (χ4n) is 6.73. The number of fused-ring (bicyclic) bond motifs is 1. The normalized spacial score (nSPS) is 39.3. The lowest BCUT2D eigenvalue weighted by Gasteiger charge is -2.44. The second-order valence-electron chi connectivity index (χ2n) is 11.0. The summed E-state index contributed by atoms with van der Waals surface area (Å²) in [5.74, 6) is 3.20. The van der Waals surface area contributed by atoms with Gasteiger partial charge >= 0.3 is 0 Å². The Morgan fingerprint density at radius 2 is 1.90 bits per heavy atom. The van der Waals surface area contributed by atoms with Crippen LogP contribution in [-0.2, 0) is 0 Å². The van der Waals surface area contributed by atoms with Crippen molar-refractivity contribution >= 4 is 0 Å². The van der Waals surface area contributed by atoms with Gasteiger partial charge in [-0.1, -0.05) is 71.3 Å². The summed E-state index contributed by atoms with van der Waals surface area (Å²) in [6.07, 6.45) is 15.2. The monoisotopic (exact) mass is 400 g/mol. The molecule has 2 N–H and O–H groups in total. The zero-order chi connectivity index (χ0) is 21.2. The van der Waals surface area contributed by atoms with E-state index in [2.05, 4.69) is 46.4 Å². The van der Waals surface area contributed by atoms with E-state index >= 15 is 0 Å². The second kappa shape index (κ2) is 9.52. The summed E-state index contributed by atoms with van der Waals surface area (Å²) in [5.41, 5.74) is 3.88. The van der Waals surface area contributed by atoms with E-state index in [0.29, 0.717) is 24.2 Å². The molecule has 3 saturated carbocycles. The first-order chi connectivity index (χ1) is 13.7. The van der Waals surface area contributed by atoms with E-state index in [1.807, 2.05) is 0 Å². The van der Waals surface area contributed by atoms with Gasteiger partial charge in [0.15, 0.2) is 0 Å². The van der Waals surface area contributed by atoms with Crippen molar-refractivity contribution in [1.82, 2.24) is 0 Å². The van der Waals surface area contributed by atoms with Crippen LogP contribution in [0.25, 0.3) is 0 Å². The van der Waals surface area contributed by atoms with Crippen molar-refractivity contribution in [2.24, 2.45) is 29.1 Å². The quantitative estimate of drug-likeness (QED) is 0.528. The molecule has 0 saturated heterocycles. The van der Waals surface area contributed by atoms with Gasteiger partial charge in [0.05, 0.1) is 12.2 Å². The molecular formula is C27H44O2. The third kappa shape index (κ3) is 5.07. The minimum absolute atomic E-state index is 0.420. The van der Waals surface area contributed by atoms with E-state index in [4.69, 9.17) is 0 Å². The molecule has 0 amide bonds. The molecule has 3 rings (SSSR count). The summed E-state index contributed by atoms with van der Waals surface area (Å²) in [7, 11) is 0. The van der Waals surface area contributed by atoms with Crippen LogP contribution < -0.4 is 0 Å². The molecule has 0 aromatic carbocycles. The molecule has 0 aromatic heterocycles. The lowest BCUT2D eigenvalue weighted by Crippen LogP contribution is -2.36. The highest BCUT2D eigenvalue weighted by Gasteiger charge is 2.50. The third-order valence-electron chi connectivity index (χ3n) is 8.43. The Kier molecular flexibility index (Phi) is 7.49. The maximum absolute atomic E-state index is 10.1. The summed E-state index contributed by atoms with van der Waals surface area (Å²) < 4.78 is 0. The average Bonchev–Trinajstić information content (AvgIpc) is 3.00. The third-order valence-corrected chi connectivity index (χ3v) is 8.43. The average molecular weight is 401 g/mol. The van der Waals surface area contributed by atoms with Crippen LogP contribution in [-0.4, -0.2) is 22.4 Å². The van der Waals surface area contributed by atoms with E-state index in [-0.39, 0.29) is 0 Å². The van der Waals surface area contributed by atoms with Crippen molar-refractivity contribution < 1.29 is 10.2 Å². The van der Waals surface area contributed by atoms with Crippen LogP contribution in [0.4, 0.5) is 0 Å². The summed E-state index contributed by atoms with van der Waals surface area (Å²) in [6.45, 7) is 13.8. The Morgan fingerprint density at radius 1 is 1.14 bits per heavy atom.